The molecule has 0 aliphatic carbocycles. The molecule has 0 amide bonds. The van der Waals surface area contributed by atoms with Gasteiger partial charge in [-0.1, -0.05) is 0 Å². The van der Waals surface area contributed by atoms with Crippen molar-refractivity contribution < 1.29 is 28.5 Å². The van der Waals surface area contributed by atoms with Crippen molar-refractivity contribution in [1.82, 2.24) is 0 Å². The summed E-state index contributed by atoms with van der Waals surface area (Å²) in [4.78, 5) is 23.4. The van der Waals surface area contributed by atoms with E-state index >= 15 is 0 Å². The maximum Gasteiger partial charge on any atom is 0.309 e. The minimum Gasteiger partial charge on any atom is -0.469 e. The zero-order valence-corrected chi connectivity index (χ0v) is 11.8. The molecule has 6 nitrogen and oxygen atoms in total. The van der Waals surface area contributed by atoms with E-state index in [-0.39, 0.29) is 36.5 Å². The highest BCUT2D eigenvalue weighted by Crippen LogP contribution is 2.22. The zero-order valence-electron chi connectivity index (χ0n) is 11.8. The van der Waals surface area contributed by atoms with Crippen molar-refractivity contribution in [2.75, 3.05) is 33.5 Å². The first-order valence-electron chi connectivity index (χ1n) is 7.14. The van der Waals surface area contributed by atoms with Crippen LogP contribution in [-0.2, 0) is 28.5 Å². The molecule has 0 bridgehead atoms. The van der Waals surface area contributed by atoms with E-state index in [9.17, 15) is 9.59 Å². The van der Waals surface area contributed by atoms with Crippen LogP contribution in [0.4, 0.5) is 0 Å². The van der Waals surface area contributed by atoms with Crippen LogP contribution >= 0.6 is 0 Å². The van der Waals surface area contributed by atoms with Crippen LogP contribution in [0, 0.1) is 11.8 Å². The van der Waals surface area contributed by atoms with E-state index in [4.69, 9.17) is 18.9 Å². The molecule has 2 unspecified atom stereocenters. The molecule has 20 heavy (non-hydrogen) atoms. The number of ether oxygens (including phenoxy) is 4. The first kappa shape index (κ1) is 15.3. The highest BCUT2D eigenvalue weighted by atomic mass is 16.6. The Morgan fingerprint density at radius 3 is 2.45 bits per heavy atom. The van der Waals surface area contributed by atoms with Gasteiger partial charge in [0.1, 0.15) is 6.61 Å². The predicted molar refractivity (Wildman–Crippen MR) is 69.0 cm³/mol. The fourth-order valence-electron chi connectivity index (χ4n) is 2.60. The lowest BCUT2D eigenvalue weighted by Gasteiger charge is -2.28. The third kappa shape index (κ3) is 4.18. The molecule has 2 aliphatic rings. The van der Waals surface area contributed by atoms with Gasteiger partial charge in [-0.3, -0.25) is 9.59 Å². The first-order valence-corrected chi connectivity index (χ1v) is 7.14. The van der Waals surface area contributed by atoms with Gasteiger partial charge in [0.2, 0.25) is 0 Å². The van der Waals surface area contributed by atoms with E-state index < -0.39 is 0 Å². The number of hydrogen-bond acceptors (Lipinski definition) is 6. The summed E-state index contributed by atoms with van der Waals surface area (Å²) >= 11 is 0. The standard InChI is InChI=1S/C14H22O6/c1-17-13(15)11-4-7-19-12(8-11)9-20-14(16)10-2-5-18-6-3-10/h10-12H,2-9H2,1H3. The highest BCUT2D eigenvalue weighted by Gasteiger charge is 2.30. The van der Waals surface area contributed by atoms with Gasteiger partial charge in [-0.2, -0.15) is 0 Å². The normalized spacial score (nSPS) is 27.9. The highest BCUT2D eigenvalue weighted by molar-refractivity contribution is 5.73. The van der Waals surface area contributed by atoms with E-state index in [1.165, 1.54) is 7.11 Å². The van der Waals surface area contributed by atoms with Crippen LogP contribution in [0.3, 0.4) is 0 Å². The molecule has 2 atom stereocenters. The van der Waals surface area contributed by atoms with Gasteiger partial charge in [-0.05, 0) is 25.7 Å². The van der Waals surface area contributed by atoms with Crippen LogP contribution in [0.5, 0.6) is 0 Å². The second kappa shape index (κ2) is 7.59. The maximum atomic E-state index is 11.9. The van der Waals surface area contributed by atoms with E-state index in [0.717, 1.165) is 12.8 Å². The minimum atomic E-state index is -0.214. The van der Waals surface area contributed by atoms with Crippen LogP contribution in [0.1, 0.15) is 25.7 Å². The Morgan fingerprint density at radius 1 is 1.05 bits per heavy atom. The van der Waals surface area contributed by atoms with Crippen molar-refractivity contribution >= 4 is 11.9 Å². The largest absolute Gasteiger partial charge is 0.469 e. The average Bonchev–Trinajstić information content (AvgIpc) is 2.53. The third-order valence-corrected chi connectivity index (χ3v) is 3.87. The summed E-state index contributed by atoms with van der Waals surface area (Å²) in [5, 5.41) is 0. The third-order valence-electron chi connectivity index (χ3n) is 3.87. The summed E-state index contributed by atoms with van der Waals surface area (Å²) in [5.74, 6) is -0.615. The number of carbonyl (C=O) groups excluding carboxylic acids is 2. The molecule has 2 rings (SSSR count). The van der Waals surface area contributed by atoms with Crippen molar-refractivity contribution in [2.24, 2.45) is 11.8 Å². The molecule has 2 fully saturated rings. The second-order valence-electron chi connectivity index (χ2n) is 5.25. The number of hydrogen-bond donors (Lipinski definition) is 0. The fourth-order valence-corrected chi connectivity index (χ4v) is 2.60. The maximum absolute atomic E-state index is 11.9. The van der Waals surface area contributed by atoms with E-state index in [1.54, 1.807) is 0 Å². The molecule has 0 radical (unpaired) electrons. The summed E-state index contributed by atoms with van der Waals surface area (Å²) < 4.78 is 20.8. The van der Waals surface area contributed by atoms with Gasteiger partial charge in [-0.15, -0.1) is 0 Å². The lowest BCUT2D eigenvalue weighted by atomic mass is 9.96. The molecule has 0 saturated carbocycles. The van der Waals surface area contributed by atoms with Crippen LogP contribution in [0.25, 0.3) is 0 Å². The van der Waals surface area contributed by atoms with Gasteiger partial charge in [-0.25, -0.2) is 0 Å². The molecule has 0 aromatic rings. The molecule has 0 aromatic heterocycles. The molecule has 0 N–H and O–H groups in total. The van der Waals surface area contributed by atoms with Crippen molar-refractivity contribution in [2.45, 2.75) is 31.8 Å². The Kier molecular flexibility index (Phi) is 5.79. The Hall–Kier alpha value is -1.14. The summed E-state index contributed by atoms with van der Waals surface area (Å²) in [6.07, 6.45) is 2.44. The Morgan fingerprint density at radius 2 is 1.75 bits per heavy atom. The monoisotopic (exact) mass is 286 g/mol. The smallest absolute Gasteiger partial charge is 0.309 e. The van der Waals surface area contributed by atoms with Crippen LogP contribution in [0.2, 0.25) is 0 Å². The fraction of sp³-hybridized carbons (Fsp3) is 0.857. The van der Waals surface area contributed by atoms with E-state index in [0.29, 0.717) is 32.7 Å². The molecule has 114 valence electrons. The SMILES string of the molecule is COC(=O)C1CCOC(COC(=O)C2CCOCC2)C1. The molecule has 6 heteroatoms. The molecule has 2 saturated heterocycles. The average molecular weight is 286 g/mol. The summed E-state index contributed by atoms with van der Waals surface area (Å²) in [6, 6.07) is 0. The van der Waals surface area contributed by atoms with Gasteiger partial charge in [0.05, 0.1) is 25.0 Å². The molecule has 2 heterocycles. The number of methoxy groups -OCH3 is 1. The Labute approximate surface area is 118 Å². The molecule has 0 aromatic carbocycles. The second-order valence-corrected chi connectivity index (χ2v) is 5.25. The van der Waals surface area contributed by atoms with Gasteiger partial charge in [0.25, 0.3) is 0 Å². The number of carbonyl (C=O) groups is 2. The summed E-state index contributed by atoms with van der Waals surface area (Å²) in [5.41, 5.74) is 0. The number of rotatable bonds is 4. The van der Waals surface area contributed by atoms with Crippen LogP contribution in [-0.4, -0.2) is 51.6 Å². The first-order chi connectivity index (χ1) is 9.70. The van der Waals surface area contributed by atoms with Crippen LogP contribution < -0.4 is 0 Å². The predicted octanol–water partition coefficient (Wildman–Crippen LogP) is 0.924. The van der Waals surface area contributed by atoms with Crippen molar-refractivity contribution in [3.63, 3.8) is 0 Å². The lowest BCUT2D eigenvalue weighted by molar-refractivity contribution is -0.160. The molecule has 2 aliphatic heterocycles. The van der Waals surface area contributed by atoms with Gasteiger partial charge in [0.15, 0.2) is 0 Å². The summed E-state index contributed by atoms with van der Waals surface area (Å²) in [6.45, 7) is 1.94. The molecular formula is C14H22O6. The quantitative estimate of drug-likeness (QED) is 0.716. The van der Waals surface area contributed by atoms with Crippen molar-refractivity contribution in [3.05, 3.63) is 0 Å². The van der Waals surface area contributed by atoms with Crippen LogP contribution in [0.15, 0.2) is 0 Å². The van der Waals surface area contributed by atoms with Crippen molar-refractivity contribution in [3.8, 4) is 0 Å². The molecular weight excluding hydrogens is 264 g/mol. The topological polar surface area (TPSA) is 71.1 Å². The van der Waals surface area contributed by atoms with E-state index in [2.05, 4.69) is 0 Å². The lowest BCUT2D eigenvalue weighted by Crippen LogP contribution is -2.35. The van der Waals surface area contributed by atoms with E-state index in [1.807, 2.05) is 0 Å². The molecule has 0 spiro atoms. The Balaban J connectivity index is 1.72. The van der Waals surface area contributed by atoms with Crippen molar-refractivity contribution in [1.29, 1.82) is 0 Å². The zero-order chi connectivity index (χ0) is 14.4. The van der Waals surface area contributed by atoms with Gasteiger partial charge < -0.3 is 18.9 Å². The number of esters is 2. The minimum absolute atomic E-state index is 0.0660. The van der Waals surface area contributed by atoms with Gasteiger partial charge >= 0.3 is 11.9 Å². The summed E-state index contributed by atoms with van der Waals surface area (Å²) in [7, 11) is 1.39. The Bertz CT molecular complexity index is 337. The van der Waals surface area contributed by atoms with Gasteiger partial charge in [0, 0.05) is 19.8 Å².